The Balaban J connectivity index is 0.000000307. The predicted molar refractivity (Wildman–Crippen MR) is 114 cm³/mol. The molecule has 168 valence electrons. The minimum absolute atomic E-state index is 0.116. The maximum atomic E-state index is 13.0. The fourth-order valence-electron chi connectivity index (χ4n) is 4.48. The van der Waals surface area contributed by atoms with Crippen molar-refractivity contribution in [3.05, 3.63) is 0 Å². The topological polar surface area (TPSA) is 6.48 Å². The van der Waals surface area contributed by atoms with Crippen molar-refractivity contribution in [3.8, 4) is 0 Å². The van der Waals surface area contributed by atoms with Crippen LogP contribution in [0.15, 0.2) is 0 Å². The van der Waals surface area contributed by atoms with Crippen molar-refractivity contribution in [2.24, 2.45) is 17.8 Å². The molecule has 2 fully saturated rings. The van der Waals surface area contributed by atoms with Crippen molar-refractivity contribution in [2.75, 3.05) is 26.2 Å². The molecule has 0 N–H and O–H groups in total. The van der Waals surface area contributed by atoms with Crippen molar-refractivity contribution >= 4 is 0 Å². The van der Waals surface area contributed by atoms with Gasteiger partial charge in [0.25, 0.3) is 0 Å². The lowest BCUT2D eigenvalue weighted by atomic mass is 9.79. The van der Waals surface area contributed by atoms with E-state index in [0.717, 1.165) is 37.1 Å². The number of alkyl halides is 3. The summed E-state index contributed by atoms with van der Waals surface area (Å²) >= 11 is 0. The molecule has 0 bridgehead atoms. The summed E-state index contributed by atoms with van der Waals surface area (Å²) in [5, 5.41) is 0. The Morgan fingerprint density at radius 2 is 1.57 bits per heavy atom. The molecule has 1 saturated carbocycles. The number of hydrogen-bond donors (Lipinski definition) is 0. The highest BCUT2D eigenvalue weighted by atomic mass is 19.4. The zero-order valence-corrected chi connectivity index (χ0v) is 19.2. The standard InChI is InChI=1S/C12H23F3N2.C11H22/c1-4-5-6-16-7-8-17(10(2)3)9-11(16)12(13,14)15;1-9(2)8-11-6-4-10(3)5-7-11/h10-11H,4-9H2,1-3H3;9-11H,4-8H2,1-3H3. The largest absolute Gasteiger partial charge is 0.405 e. The summed E-state index contributed by atoms with van der Waals surface area (Å²) in [4.78, 5) is 3.52. The average molecular weight is 407 g/mol. The Hall–Kier alpha value is -0.290. The van der Waals surface area contributed by atoms with E-state index in [-0.39, 0.29) is 12.6 Å². The summed E-state index contributed by atoms with van der Waals surface area (Å²) in [6, 6.07) is -1.10. The van der Waals surface area contributed by atoms with Gasteiger partial charge in [0.1, 0.15) is 6.04 Å². The van der Waals surface area contributed by atoms with Gasteiger partial charge in [-0.05, 0) is 51.0 Å². The van der Waals surface area contributed by atoms with Crippen LogP contribution in [0.1, 0.15) is 86.5 Å². The molecule has 0 aromatic heterocycles. The van der Waals surface area contributed by atoms with Crippen molar-refractivity contribution in [1.82, 2.24) is 9.80 Å². The molecule has 1 heterocycles. The van der Waals surface area contributed by atoms with E-state index in [1.54, 1.807) is 4.90 Å². The van der Waals surface area contributed by atoms with Gasteiger partial charge in [0.2, 0.25) is 0 Å². The van der Waals surface area contributed by atoms with Crippen LogP contribution in [0, 0.1) is 17.8 Å². The summed E-state index contributed by atoms with van der Waals surface area (Å²) in [6.07, 6.45) is 5.10. The Bertz CT molecular complexity index is 401. The van der Waals surface area contributed by atoms with Crippen molar-refractivity contribution in [3.63, 3.8) is 0 Å². The Morgan fingerprint density at radius 3 is 2.04 bits per heavy atom. The van der Waals surface area contributed by atoms with Gasteiger partial charge in [0.15, 0.2) is 0 Å². The molecular weight excluding hydrogens is 361 g/mol. The van der Waals surface area contributed by atoms with Gasteiger partial charge in [-0.15, -0.1) is 0 Å². The third-order valence-corrected chi connectivity index (χ3v) is 6.37. The van der Waals surface area contributed by atoms with Crippen LogP contribution in [0.2, 0.25) is 0 Å². The van der Waals surface area contributed by atoms with Gasteiger partial charge < -0.3 is 0 Å². The first kappa shape index (κ1) is 25.7. The van der Waals surface area contributed by atoms with Crippen LogP contribution in [0.3, 0.4) is 0 Å². The molecule has 1 atom stereocenters. The minimum atomic E-state index is -4.11. The molecule has 2 rings (SSSR count). The normalized spacial score (nSPS) is 27.8. The highest BCUT2D eigenvalue weighted by Crippen LogP contribution is 2.32. The van der Waals surface area contributed by atoms with Crippen LogP contribution in [0.25, 0.3) is 0 Å². The summed E-state index contributed by atoms with van der Waals surface area (Å²) in [7, 11) is 0. The summed E-state index contributed by atoms with van der Waals surface area (Å²) < 4.78 is 39.0. The fourth-order valence-corrected chi connectivity index (χ4v) is 4.48. The van der Waals surface area contributed by atoms with Crippen molar-refractivity contribution in [2.45, 2.75) is 105 Å². The Kier molecular flexibility index (Phi) is 11.4. The van der Waals surface area contributed by atoms with E-state index in [4.69, 9.17) is 0 Å². The number of hydrogen-bond acceptors (Lipinski definition) is 2. The molecule has 1 saturated heterocycles. The van der Waals surface area contributed by atoms with Gasteiger partial charge in [0.05, 0.1) is 0 Å². The second-order valence-electron chi connectivity index (χ2n) is 9.79. The van der Waals surface area contributed by atoms with Gasteiger partial charge in [-0.3, -0.25) is 9.80 Å². The predicted octanol–water partition coefficient (Wildman–Crippen LogP) is 6.60. The van der Waals surface area contributed by atoms with Gasteiger partial charge in [-0.1, -0.05) is 59.8 Å². The Labute approximate surface area is 172 Å². The van der Waals surface area contributed by atoms with Crippen LogP contribution in [-0.4, -0.2) is 54.2 Å². The zero-order chi connectivity index (χ0) is 21.3. The van der Waals surface area contributed by atoms with Crippen molar-refractivity contribution < 1.29 is 13.2 Å². The first-order valence-electron chi connectivity index (χ1n) is 11.6. The van der Waals surface area contributed by atoms with Crippen molar-refractivity contribution in [1.29, 1.82) is 0 Å². The number of rotatable bonds is 6. The van der Waals surface area contributed by atoms with Gasteiger partial charge >= 0.3 is 6.18 Å². The number of piperazine rings is 1. The van der Waals surface area contributed by atoms with E-state index >= 15 is 0 Å². The molecule has 0 spiro atoms. The smallest absolute Gasteiger partial charge is 0.298 e. The molecule has 5 heteroatoms. The molecule has 2 aliphatic rings. The summed E-state index contributed by atoms with van der Waals surface area (Å²) in [6.45, 7) is 15.0. The fraction of sp³-hybridized carbons (Fsp3) is 1.00. The maximum absolute atomic E-state index is 13.0. The quantitative estimate of drug-likeness (QED) is 0.490. The number of halogens is 3. The van der Waals surface area contributed by atoms with Gasteiger partial charge in [0, 0.05) is 25.7 Å². The lowest BCUT2D eigenvalue weighted by Crippen LogP contribution is -2.60. The summed E-state index contributed by atoms with van der Waals surface area (Å²) in [5.74, 6) is 2.98. The second kappa shape index (κ2) is 12.4. The number of unbranched alkanes of at least 4 members (excludes halogenated alkanes) is 1. The van der Waals surface area contributed by atoms with Crippen LogP contribution < -0.4 is 0 Å². The first-order valence-corrected chi connectivity index (χ1v) is 11.6. The highest BCUT2D eigenvalue weighted by Gasteiger charge is 2.46. The van der Waals surface area contributed by atoms with Crippen LogP contribution in [0.4, 0.5) is 13.2 Å². The molecule has 1 aliphatic carbocycles. The average Bonchev–Trinajstić information content (AvgIpc) is 2.61. The molecule has 0 radical (unpaired) electrons. The molecule has 28 heavy (non-hydrogen) atoms. The van der Waals surface area contributed by atoms with Crippen LogP contribution in [-0.2, 0) is 0 Å². The van der Waals surface area contributed by atoms with Crippen LogP contribution in [0.5, 0.6) is 0 Å². The van der Waals surface area contributed by atoms with E-state index in [0.29, 0.717) is 13.1 Å². The van der Waals surface area contributed by atoms with E-state index < -0.39 is 12.2 Å². The molecule has 0 amide bonds. The van der Waals surface area contributed by atoms with E-state index in [1.165, 1.54) is 32.1 Å². The number of nitrogens with zero attached hydrogens (tertiary/aromatic N) is 2. The zero-order valence-electron chi connectivity index (χ0n) is 19.2. The van der Waals surface area contributed by atoms with E-state index in [9.17, 15) is 13.2 Å². The van der Waals surface area contributed by atoms with Gasteiger partial charge in [-0.25, -0.2) is 0 Å². The first-order chi connectivity index (χ1) is 13.0. The maximum Gasteiger partial charge on any atom is 0.405 e. The lowest BCUT2D eigenvalue weighted by Gasteiger charge is -2.43. The van der Waals surface area contributed by atoms with Crippen LogP contribution >= 0.6 is 0 Å². The van der Waals surface area contributed by atoms with Gasteiger partial charge in [-0.2, -0.15) is 13.2 Å². The highest BCUT2D eigenvalue weighted by molar-refractivity contribution is 4.88. The molecule has 0 aromatic carbocycles. The van der Waals surface area contributed by atoms with E-state index in [2.05, 4.69) is 20.8 Å². The third kappa shape index (κ3) is 9.47. The SMILES string of the molecule is CC(C)CC1CCC(C)CC1.CCCCN1CCN(C(C)C)CC1C(F)(F)F. The summed E-state index contributed by atoms with van der Waals surface area (Å²) in [5.41, 5.74) is 0. The molecular formula is C23H45F3N2. The minimum Gasteiger partial charge on any atom is -0.298 e. The molecule has 1 aliphatic heterocycles. The molecule has 2 nitrogen and oxygen atoms in total. The third-order valence-electron chi connectivity index (χ3n) is 6.37. The molecule has 1 unspecified atom stereocenters. The molecule has 0 aromatic rings. The Morgan fingerprint density at radius 1 is 0.964 bits per heavy atom. The lowest BCUT2D eigenvalue weighted by molar-refractivity contribution is -0.198. The monoisotopic (exact) mass is 406 g/mol. The second-order valence-corrected chi connectivity index (χ2v) is 9.79. The van der Waals surface area contributed by atoms with E-state index in [1.807, 2.05) is 25.7 Å².